The molecular formula is C11H20ClF2N. The zero-order chi connectivity index (χ0) is 12.1. The molecule has 4 heteroatoms. The fraction of sp³-hybridized carbons (Fsp3) is 0.818. The van der Waals surface area contributed by atoms with E-state index in [1.54, 1.807) is 12.3 Å². The third-order valence-electron chi connectivity index (χ3n) is 2.25. The van der Waals surface area contributed by atoms with Crippen molar-refractivity contribution in [2.24, 2.45) is 0 Å². The zero-order valence-electron chi connectivity index (χ0n) is 9.73. The molecule has 3 unspecified atom stereocenters. The molecule has 0 fully saturated rings. The highest BCUT2D eigenvalue weighted by molar-refractivity contribution is 6.21. The molecular weight excluding hydrogens is 220 g/mol. The van der Waals surface area contributed by atoms with Crippen LogP contribution in [0.1, 0.15) is 34.1 Å². The van der Waals surface area contributed by atoms with E-state index in [1.165, 1.54) is 20.8 Å². The van der Waals surface area contributed by atoms with Gasteiger partial charge in [0.1, 0.15) is 11.8 Å². The minimum atomic E-state index is -1.43. The third-order valence-corrected chi connectivity index (χ3v) is 2.78. The Balaban J connectivity index is 4.38. The lowest BCUT2D eigenvalue weighted by Gasteiger charge is -2.29. The van der Waals surface area contributed by atoms with Crippen molar-refractivity contribution >= 4 is 11.6 Å². The van der Waals surface area contributed by atoms with Gasteiger partial charge >= 0.3 is 0 Å². The van der Waals surface area contributed by atoms with Gasteiger partial charge in [-0.1, -0.05) is 6.08 Å². The number of rotatable bonds is 6. The topological polar surface area (TPSA) is 12.0 Å². The summed E-state index contributed by atoms with van der Waals surface area (Å²) in [6.45, 7) is 6.13. The smallest absolute Gasteiger partial charge is 0.125 e. The maximum absolute atomic E-state index is 13.7. The van der Waals surface area contributed by atoms with E-state index in [0.717, 1.165) is 0 Å². The summed E-state index contributed by atoms with van der Waals surface area (Å²) in [5, 5.41) is 2.22. The second kappa shape index (κ2) is 6.31. The predicted octanol–water partition coefficient (Wildman–Crippen LogP) is 3.58. The lowest BCUT2D eigenvalue weighted by atomic mass is 9.95. The van der Waals surface area contributed by atoms with Crippen molar-refractivity contribution in [1.29, 1.82) is 0 Å². The predicted molar refractivity (Wildman–Crippen MR) is 61.8 cm³/mol. The quantitative estimate of drug-likeness (QED) is 0.699. The Labute approximate surface area is 95.9 Å². The number of allylic oxidation sites excluding steroid dienone is 1. The molecule has 0 aliphatic rings. The molecule has 0 aromatic heterocycles. The first kappa shape index (κ1) is 14.7. The lowest BCUT2D eigenvalue weighted by molar-refractivity contribution is 0.144. The maximum atomic E-state index is 13.7. The van der Waals surface area contributed by atoms with Crippen LogP contribution >= 0.6 is 11.6 Å². The highest BCUT2D eigenvalue weighted by atomic mass is 35.5. The van der Waals surface area contributed by atoms with Crippen molar-refractivity contribution in [3.63, 3.8) is 0 Å². The first-order valence-corrected chi connectivity index (χ1v) is 5.57. The lowest BCUT2D eigenvalue weighted by Crippen LogP contribution is -2.44. The molecule has 0 saturated carbocycles. The van der Waals surface area contributed by atoms with Gasteiger partial charge < -0.3 is 5.32 Å². The summed E-state index contributed by atoms with van der Waals surface area (Å²) >= 11 is 5.79. The molecule has 0 bridgehead atoms. The van der Waals surface area contributed by atoms with Gasteiger partial charge in [-0.3, -0.25) is 0 Å². The Hall–Kier alpha value is -0.310. The van der Waals surface area contributed by atoms with Crippen molar-refractivity contribution in [3.05, 3.63) is 12.3 Å². The average Bonchev–Trinajstić information content (AvgIpc) is 2.09. The van der Waals surface area contributed by atoms with Crippen LogP contribution in [-0.2, 0) is 0 Å². The summed E-state index contributed by atoms with van der Waals surface area (Å²) in [4.78, 5) is 0. The van der Waals surface area contributed by atoms with Crippen molar-refractivity contribution in [2.45, 2.75) is 57.4 Å². The van der Waals surface area contributed by atoms with Crippen LogP contribution in [0.4, 0.5) is 8.78 Å². The van der Waals surface area contributed by atoms with Gasteiger partial charge in [0.15, 0.2) is 0 Å². The molecule has 1 N–H and O–H groups in total. The van der Waals surface area contributed by atoms with Crippen LogP contribution in [0.2, 0.25) is 0 Å². The van der Waals surface area contributed by atoms with Gasteiger partial charge in [-0.15, -0.1) is 11.6 Å². The third kappa shape index (κ3) is 5.98. The average molecular weight is 240 g/mol. The van der Waals surface area contributed by atoms with E-state index >= 15 is 0 Å². The Morgan fingerprint density at radius 1 is 1.47 bits per heavy atom. The number of halogens is 3. The molecule has 0 heterocycles. The largest absolute Gasteiger partial charge is 0.385 e. The molecule has 15 heavy (non-hydrogen) atoms. The molecule has 0 aromatic carbocycles. The molecule has 0 spiro atoms. The van der Waals surface area contributed by atoms with Crippen LogP contribution in [0.5, 0.6) is 0 Å². The number of nitrogens with one attached hydrogen (secondary N) is 1. The Bertz CT molecular complexity index is 199. The van der Waals surface area contributed by atoms with Gasteiger partial charge in [-0.2, -0.15) is 0 Å². The van der Waals surface area contributed by atoms with Crippen molar-refractivity contribution < 1.29 is 8.78 Å². The maximum Gasteiger partial charge on any atom is 0.125 e. The van der Waals surface area contributed by atoms with Gasteiger partial charge in [0.05, 0.1) is 11.4 Å². The monoisotopic (exact) mass is 239 g/mol. The molecule has 0 aliphatic heterocycles. The minimum Gasteiger partial charge on any atom is -0.385 e. The van der Waals surface area contributed by atoms with Crippen molar-refractivity contribution in [2.75, 3.05) is 0 Å². The fourth-order valence-corrected chi connectivity index (χ4v) is 1.35. The molecule has 0 radical (unpaired) electrons. The number of hydrogen-bond donors (Lipinski definition) is 1. The highest BCUT2D eigenvalue weighted by Gasteiger charge is 2.31. The van der Waals surface area contributed by atoms with Crippen LogP contribution in [0.15, 0.2) is 12.3 Å². The summed E-state index contributed by atoms with van der Waals surface area (Å²) in [5.74, 6) is 0. The summed E-state index contributed by atoms with van der Waals surface area (Å²) in [6.07, 6.45) is 2.54. The van der Waals surface area contributed by atoms with Crippen LogP contribution in [-0.4, -0.2) is 23.3 Å². The van der Waals surface area contributed by atoms with Gasteiger partial charge in [0.25, 0.3) is 0 Å². The minimum absolute atomic E-state index is 0.257. The number of hydrogen-bond acceptors (Lipinski definition) is 1. The summed E-state index contributed by atoms with van der Waals surface area (Å²) < 4.78 is 26.6. The second-order valence-electron chi connectivity index (χ2n) is 4.21. The highest BCUT2D eigenvalue weighted by Crippen LogP contribution is 2.23. The summed E-state index contributed by atoms with van der Waals surface area (Å²) in [5.41, 5.74) is -1.43. The van der Waals surface area contributed by atoms with E-state index in [2.05, 4.69) is 5.32 Å². The summed E-state index contributed by atoms with van der Waals surface area (Å²) in [7, 11) is 0. The molecule has 0 saturated heterocycles. The van der Waals surface area contributed by atoms with Crippen molar-refractivity contribution in [3.8, 4) is 0 Å². The zero-order valence-corrected chi connectivity index (χ0v) is 10.5. The Kier molecular flexibility index (Phi) is 6.18. The number of alkyl halides is 3. The molecule has 0 rings (SSSR count). The second-order valence-corrected chi connectivity index (χ2v) is 4.77. The van der Waals surface area contributed by atoms with Gasteiger partial charge in [0, 0.05) is 0 Å². The van der Waals surface area contributed by atoms with E-state index in [-0.39, 0.29) is 6.42 Å². The van der Waals surface area contributed by atoms with Crippen LogP contribution < -0.4 is 5.32 Å². The van der Waals surface area contributed by atoms with Crippen LogP contribution in [0, 0.1) is 0 Å². The molecule has 1 nitrogen and oxygen atoms in total. The molecule has 0 aliphatic carbocycles. The van der Waals surface area contributed by atoms with Crippen molar-refractivity contribution in [1.82, 2.24) is 5.32 Å². The molecule has 90 valence electrons. The van der Waals surface area contributed by atoms with Gasteiger partial charge in [-0.05, 0) is 40.3 Å². The normalized spacial score (nSPS) is 18.9. The SMILES string of the molecule is C/C=C\NC(CC(Cl)C(C)F)C(C)(C)F. The standard InChI is InChI=1S/C11H20ClF2N/c1-5-6-15-10(11(3,4)14)7-9(12)8(2)13/h5-6,8-10,15H,7H2,1-4H3/b6-5-. The molecule has 0 amide bonds. The first-order valence-electron chi connectivity index (χ1n) is 5.13. The Morgan fingerprint density at radius 3 is 2.33 bits per heavy atom. The fourth-order valence-electron chi connectivity index (χ4n) is 1.17. The van der Waals surface area contributed by atoms with Gasteiger partial charge in [0.2, 0.25) is 0 Å². The molecule has 0 aromatic rings. The van der Waals surface area contributed by atoms with Crippen LogP contribution in [0.25, 0.3) is 0 Å². The van der Waals surface area contributed by atoms with E-state index < -0.39 is 23.3 Å². The Morgan fingerprint density at radius 2 is 2.00 bits per heavy atom. The first-order chi connectivity index (χ1) is 6.79. The van der Waals surface area contributed by atoms with Gasteiger partial charge in [-0.25, -0.2) is 8.78 Å². The van der Waals surface area contributed by atoms with E-state index in [9.17, 15) is 8.78 Å². The summed E-state index contributed by atoms with van der Waals surface area (Å²) in [6, 6.07) is -0.477. The van der Waals surface area contributed by atoms with Crippen LogP contribution in [0.3, 0.4) is 0 Å². The molecule has 3 atom stereocenters. The van der Waals surface area contributed by atoms with E-state index in [1.807, 2.05) is 6.92 Å². The van der Waals surface area contributed by atoms with E-state index in [0.29, 0.717) is 0 Å². The van der Waals surface area contributed by atoms with E-state index in [4.69, 9.17) is 11.6 Å².